The third-order valence-corrected chi connectivity index (χ3v) is 6.01. The van der Waals surface area contributed by atoms with Crippen LogP contribution >= 0.6 is 23.1 Å². The van der Waals surface area contributed by atoms with Crippen molar-refractivity contribution < 1.29 is 0 Å². The Bertz CT molecular complexity index is 421. The molecule has 0 bridgehead atoms. The highest BCUT2D eigenvalue weighted by Crippen LogP contribution is 2.37. The zero-order valence-electron chi connectivity index (χ0n) is 10.7. The number of thiazole rings is 1. The van der Waals surface area contributed by atoms with Gasteiger partial charge in [-0.25, -0.2) is 4.98 Å². The number of hydrogen-bond donors (Lipinski definition) is 1. The van der Waals surface area contributed by atoms with Crippen LogP contribution < -0.4 is 5.32 Å². The van der Waals surface area contributed by atoms with Crippen molar-refractivity contribution in [3.05, 3.63) is 16.6 Å². The number of aromatic nitrogens is 1. The molecule has 1 aliphatic heterocycles. The molecule has 3 nitrogen and oxygen atoms in total. The Hall–Kier alpha value is -0.550. The summed E-state index contributed by atoms with van der Waals surface area (Å²) in [4.78, 5) is 9.09. The molecule has 2 aliphatic rings. The van der Waals surface area contributed by atoms with Gasteiger partial charge >= 0.3 is 0 Å². The number of hydrogen-bond acceptors (Lipinski definition) is 4. The van der Waals surface area contributed by atoms with Gasteiger partial charge in [0.15, 0.2) is 5.17 Å². The second-order valence-electron chi connectivity index (χ2n) is 5.32. The number of thioether (sulfide) groups is 1. The summed E-state index contributed by atoms with van der Waals surface area (Å²) in [6.07, 6.45) is 7.26. The first-order chi connectivity index (χ1) is 8.77. The van der Waals surface area contributed by atoms with Crippen molar-refractivity contribution in [3.8, 4) is 0 Å². The first-order valence-electron chi connectivity index (χ1n) is 6.62. The van der Waals surface area contributed by atoms with E-state index < -0.39 is 0 Å². The van der Waals surface area contributed by atoms with Crippen molar-refractivity contribution in [2.24, 2.45) is 4.99 Å². The lowest BCUT2D eigenvalue weighted by molar-refractivity contribution is 0.452. The maximum absolute atomic E-state index is 4.73. The first kappa shape index (κ1) is 12.5. The van der Waals surface area contributed by atoms with Crippen molar-refractivity contribution >= 4 is 28.3 Å². The van der Waals surface area contributed by atoms with Crippen molar-refractivity contribution in [2.75, 3.05) is 12.3 Å². The molecule has 0 amide bonds. The minimum Gasteiger partial charge on any atom is -0.359 e. The average molecular weight is 281 g/mol. The normalized spacial score (nSPS) is 25.7. The standard InChI is InChI=1S/C13H19N3S2/c1-10(11-14-6-7-17-11)8-15-12-16-13(9-18-12)4-2-3-5-13/h6-7,10H,2-5,8-9H2,1H3,(H,15,16). The summed E-state index contributed by atoms with van der Waals surface area (Å²) in [5.41, 5.74) is 0.383. The van der Waals surface area contributed by atoms with Gasteiger partial charge in [0.2, 0.25) is 0 Å². The van der Waals surface area contributed by atoms with Crippen LogP contribution in [-0.4, -0.2) is 28.0 Å². The van der Waals surface area contributed by atoms with Gasteiger partial charge < -0.3 is 5.32 Å². The Morgan fingerprint density at radius 3 is 3.06 bits per heavy atom. The second kappa shape index (κ2) is 5.21. The predicted molar refractivity (Wildman–Crippen MR) is 79.6 cm³/mol. The largest absolute Gasteiger partial charge is 0.359 e. The van der Waals surface area contributed by atoms with Crippen molar-refractivity contribution in [1.82, 2.24) is 10.3 Å². The zero-order valence-corrected chi connectivity index (χ0v) is 12.3. The van der Waals surface area contributed by atoms with Gasteiger partial charge in [-0.1, -0.05) is 31.5 Å². The van der Waals surface area contributed by atoms with Crippen LogP contribution in [0.25, 0.3) is 0 Å². The van der Waals surface area contributed by atoms with Gasteiger partial charge in [0.05, 0.1) is 11.6 Å². The van der Waals surface area contributed by atoms with Crippen molar-refractivity contribution in [1.29, 1.82) is 0 Å². The fourth-order valence-corrected chi connectivity index (χ4v) is 4.61. The molecule has 2 fully saturated rings. The third-order valence-electron chi connectivity index (χ3n) is 3.80. The van der Waals surface area contributed by atoms with Gasteiger partial charge in [-0.3, -0.25) is 4.99 Å². The summed E-state index contributed by atoms with van der Waals surface area (Å²) >= 11 is 3.62. The van der Waals surface area contributed by atoms with Crippen molar-refractivity contribution in [3.63, 3.8) is 0 Å². The monoisotopic (exact) mass is 281 g/mol. The van der Waals surface area contributed by atoms with Gasteiger partial charge in [-0.05, 0) is 12.8 Å². The number of amidine groups is 1. The predicted octanol–water partition coefficient (Wildman–Crippen LogP) is 3.25. The summed E-state index contributed by atoms with van der Waals surface area (Å²) in [6, 6.07) is 0. The smallest absolute Gasteiger partial charge is 0.157 e. The molecule has 1 saturated carbocycles. The lowest BCUT2D eigenvalue weighted by atomic mass is 10.0. The van der Waals surface area contributed by atoms with Gasteiger partial charge in [0.25, 0.3) is 0 Å². The highest BCUT2D eigenvalue weighted by Gasteiger charge is 2.39. The maximum atomic E-state index is 4.73. The van der Waals surface area contributed by atoms with E-state index in [9.17, 15) is 0 Å². The molecule has 1 aliphatic carbocycles. The van der Waals surface area contributed by atoms with Crippen LogP contribution in [-0.2, 0) is 0 Å². The molecular weight excluding hydrogens is 262 g/mol. The fraction of sp³-hybridized carbons (Fsp3) is 0.692. The van der Waals surface area contributed by atoms with Crippen LogP contribution in [0.1, 0.15) is 43.5 Å². The van der Waals surface area contributed by atoms with Gasteiger partial charge in [0.1, 0.15) is 0 Å². The number of nitrogens with one attached hydrogen (secondary N) is 1. The van der Waals surface area contributed by atoms with Crippen molar-refractivity contribution in [2.45, 2.75) is 44.1 Å². The first-order valence-corrected chi connectivity index (χ1v) is 8.49. The minimum atomic E-state index is 0.383. The van der Waals surface area contributed by atoms with E-state index in [2.05, 4.69) is 17.2 Å². The van der Waals surface area contributed by atoms with E-state index in [0.717, 1.165) is 11.7 Å². The molecule has 5 heteroatoms. The van der Waals surface area contributed by atoms with E-state index in [1.165, 1.54) is 36.4 Å². The van der Waals surface area contributed by atoms with E-state index in [0.29, 0.717) is 11.5 Å². The highest BCUT2D eigenvalue weighted by molar-refractivity contribution is 8.14. The Kier molecular flexibility index (Phi) is 3.61. The molecular formula is C13H19N3S2. The molecule has 3 rings (SSSR count). The lowest BCUT2D eigenvalue weighted by Crippen LogP contribution is -2.40. The van der Waals surface area contributed by atoms with Crippen LogP contribution in [0.5, 0.6) is 0 Å². The van der Waals surface area contributed by atoms with Gasteiger partial charge in [0, 0.05) is 28.8 Å². The molecule has 0 radical (unpaired) electrons. The van der Waals surface area contributed by atoms with Crippen LogP contribution in [0.2, 0.25) is 0 Å². The van der Waals surface area contributed by atoms with E-state index in [1.807, 2.05) is 23.3 Å². The molecule has 1 atom stereocenters. The Labute approximate surface area is 116 Å². The molecule has 1 saturated heterocycles. The lowest BCUT2D eigenvalue weighted by Gasteiger charge is -2.21. The molecule has 98 valence electrons. The van der Waals surface area contributed by atoms with Gasteiger partial charge in [-0.15, -0.1) is 11.3 Å². The highest BCUT2D eigenvalue weighted by atomic mass is 32.2. The van der Waals surface area contributed by atoms with Crippen LogP contribution in [0.3, 0.4) is 0 Å². The number of rotatable bonds is 3. The SMILES string of the molecule is CC(CN=C1NC2(CCCC2)CS1)c1nccs1. The third kappa shape index (κ3) is 2.57. The molecule has 1 unspecified atom stereocenters. The number of nitrogens with zero attached hydrogens (tertiary/aromatic N) is 2. The minimum absolute atomic E-state index is 0.383. The molecule has 0 aromatic carbocycles. The topological polar surface area (TPSA) is 37.3 Å². The molecule has 1 spiro atoms. The van der Waals surface area contributed by atoms with Gasteiger partial charge in [-0.2, -0.15) is 0 Å². The quantitative estimate of drug-likeness (QED) is 0.924. The summed E-state index contributed by atoms with van der Waals surface area (Å²) in [5, 5.41) is 8.05. The fourth-order valence-electron chi connectivity index (χ4n) is 2.69. The zero-order chi connectivity index (χ0) is 12.4. The molecule has 1 aromatic rings. The van der Waals surface area contributed by atoms with Crippen LogP contribution in [0.15, 0.2) is 16.6 Å². The van der Waals surface area contributed by atoms with Crippen LogP contribution in [0, 0.1) is 0 Å². The Morgan fingerprint density at radius 2 is 2.33 bits per heavy atom. The van der Waals surface area contributed by atoms with E-state index in [1.54, 1.807) is 11.3 Å². The summed E-state index contributed by atoms with van der Waals surface area (Å²) in [5.74, 6) is 1.64. The maximum Gasteiger partial charge on any atom is 0.157 e. The second-order valence-corrected chi connectivity index (χ2v) is 7.21. The Morgan fingerprint density at radius 1 is 1.50 bits per heavy atom. The number of aliphatic imine (C=N–C) groups is 1. The molecule has 2 heterocycles. The van der Waals surface area contributed by atoms with E-state index in [-0.39, 0.29) is 0 Å². The van der Waals surface area contributed by atoms with Crippen LogP contribution in [0.4, 0.5) is 0 Å². The molecule has 1 aromatic heterocycles. The summed E-state index contributed by atoms with van der Waals surface area (Å²) in [7, 11) is 0. The summed E-state index contributed by atoms with van der Waals surface area (Å²) < 4.78 is 0. The van der Waals surface area contributed by atoms with E-state index in [4.69, 9.17) is 4.99 Å². The Balaban J connectivity index is 1.58. The molecule has 18 heavy (non-hydrogen) atoms. The summed E-state index contributed by atoms with van der Waals surface area (Å²) in [6.45, 7) is 3.05. The van der Waals surface area contributed by atoms with E-state index >= 15 is 0 Å². The average Bonchev–Trinajstić information content (AvgIpc) is 3.09. The molecule has 1 N–H and O–H groups in total.